The monoisotopic (exact) mass is 376 g/mol. The Hall–Kier alpha value is -3.34. The maximum absolute atomic E-state index is 14.6. The lowest BCUT2D eigenvalue weighted by molar-refractivity contribution is -0.137. The Morgan fingerprint density at radius 2 is 2.00 bits per heavy atom. The van der Waals surface area contributed by atoms with E-state index in [-0.39, 0.29) is 34.1 Å². The molecule has 0 aliphatic carbocycles. The standard InChI is InChI=1S/C19H12F4N2O2/c1-27-18(26)15-4-2-3-12(16(15)20)10-25-6-5-11-7-14(19(21,22)23)8-13(9-24)17(11)25/h2-8H,10H2,1H3. The van der Waals surface area contributed by atoms with Crippen molar-refractivity contribution >= 4 is 16.9 Å². The maximum atomic E-state index is 14.6. The first kappa shape index (κ1) is 18.5. The summed E-state index contributed by atoms with van der Waals surface area (Å²) in [6.45, 7) is -0.0692. The van der Waals surface area contributed by atoms with Crippen molar-refractivity contribution in [2.24, 2.45) is 0 Å². The summed E-state index contributed by atoms with van der Waals surface area (Å²) in [5.74, 6) is -1.61. The van der Waals surface area contributed by atoms with Crippen LogP contribution in [0.1, 0.15) is 27.0 Å². The molecule has 3 rings (SSSR count). The molecule has 8 heteroatoms. The molecule has 1 aromatic heterocycles. The number of nitrogens with zero attached hydrogens (tertiary/aromatic N) is 2. The fourth-order valence-corrected chi connectivity index (χ4v) is 2.88. The van der Waals surface area contributed by atoms with Crippen LogP contribution in [-0.2, 0) is 17.5 Å². The molecule has 0 amide bonds. The van der Waals surface area contributed by atoms with Crippen molar-refractivity contribution in [2.75, 3.05) is 7.11 Å². The lowest BCUT2D eigenvalue weighted by Gasteiger charge is -2.12. The minimum atomic E-state index is -4.58. The van der Waals surface area contributed by atoms with Crippen molar-refractivity contribution in [3.63, 3.8) is 0 Å². The summed E-state index contributed by atoms with van der Waals surface area (Å²) in [5, 5.41) is 9.49. The predicted octanol–water partition coefficient (Wildman–Crippen LogP) is 4.51. The molecule has 0 saturated carbocycles. The lowest BCUT2D eigenvalue weighted by atomic mass is 10.1. The lowest BCUT2D eigenvalue weighted by Crippen LogP contribution is -2.09. The van der Waals surface area contributed by atoms with E-state index in [0.717, 1.165) is 19.2 Å². The zero-order chi connectivity index (χ0) is 19.8. The Morgan fingerprint density at radius 1 is 1.26 bits per heavy atom. The van der Waals surface area contributed by atoms with Gasteiger partial charge in [-0.15, -0.1) is 0 Å². The highest BCUT2D eigenvalue weighted by Gasteiger charge is 2.31. The van der Waals surface area contributed by atoms with Crippen molar-refractivity contribution in [3.05, 3.63) is 70.7 Å². The zero-order valence-corrected chi connectivity index (χ0v) is 14.0. The van der Waals surface area contributed by atoms with Crippen molar-refractivity contribution in [2.45, 2.75) is 12.7 Å². The minimum absolute atomic E-state index is 0.0692. The Bertz CT molecular complexity index is 1080. The predicted molar refractivity (Wildman–Crippen MR) is 88.5 cm³/mol. The Balaban J connectivity index is 2.10. The summed E-state index contributed by atoms with van der Waals surface area (Å²) in [6.07, 6.45) is -3.11. The molecular formula is C19H12F4N2O2. The fourth-order valence-electron chi connectivity index (χ4n) is 2.88. The van der Waals surface area contributed by atoms with Crippen molar-refractivity contribution in [3.8, 4) is 6.07 Å². The van der Waals surface area contributed by atoms with Gasteiger partial charge in [0.1, 0.15) is 11.9 Å². The number of carbonyl (C=O) groups excluding carboxylic acids is 1. The van der Waals surface area contributed by atoms with Crippen LogP contribution in [0.3, 0.4) is 0 Å². The molecule has 0 aliphatic heterocycles. The highest BCUT2D eigenvalue weighted by Crippen LogP contribution is 2.34. The van der Waals surface area contributed by atoms with Gasteiger partial charge in [-0.1, -0.05) is 12.1 Å². The molecule has 0 fully saturated rings. The van der Waals surface area contributed by atoms with Crippen LogP contribution >= 0.6 is 0 Å². The molecule has 4 nitrogen and oxygen atoms in total. The number of benzene rings is 2. The minimum Gasteiger partial charge on any atom is -0.465 e. The molecule has 3 aromatic rings. The van der Waals surface area contributed by atoms with E-state index in [1.54, 1.807) is 6.07 Å². The molecule has 1 heterocycles. The van der Waals surface area contributed by atoms with Gasteiger partial charge in [0, 0.05) is 17.1 Å². The van der Waals surface area contributed by atoms with Gasteiger partial charge in [0.2, 0.25) is 0 Å². The van der Waals surface area contributed by atoms with Gasteiger partial charge in [0.25, 0.3) is 0 Å². The second kappa shape index (κ2) is 6.76. The number of aromatic nitrogens is 1. The summed E-state index contributed by atoms with van der Waals surface area (Å²) in [6, 6.07) is 9.08. The fraction of sp³-hybridized carbons (Fsp3) is 0.158. The van der Waals surface area contributed by atoms with Crippen molar-refractivity contribution in [1.29, 1.82) is 5.26 Å². The number of methoxy groups -OCH3 is 1. The molecule has 0 aliphatic rings. The smallest absolute Gasteiger partial charge is 0.416 e. The second-order valence-electron chi connectivity index (χ2n) is 5.79. The van der Waals surface area contributed by atoms with Crippen LogP contribution in [0.15, 0.2) is 42.6 Å². The first-order valence-electron chi connectivity index (χ1n) is 7.72. The Kier molecular flexibility index (Phi) is 4.62. The highest BCUT2D eigenvalue weighted by atomic mass is 19.4. The first-order valence-corrected chi connectivity index (χ1v) is 7.72. The Morgan fingerprint density at radius 3 is 2.63 bits per heavy atom. The van der Waals surface area contributed by atoms with E-state index in [9.17, 15) is 27.6 Å². The van der Waals surface area contributed by atoms with Gasteiger partial charge in [-0.3, -0.25) is 0 Å². The summed E-state index contributed by atoms with van der Waals surface area (Å²) in [7, 11) is 1.13. The van der Waals surface area contributed by atoms with Gasteiger partial charge < -0.3 is 9.30 Å². The SMILES string of the molecule is COC(=O)c1cccc(Cn2ccc3cc(C(F)(F)F)cc(C#N)c32)c1F. The molecule has 0 unspecified atom stereocenters. The average Bonchev–Trinajstić information content (AvgIpc) is 3.04. The average molecular weight is 376 g/mol. The molecule has 27 heavy (non-hydrogen) atoms. The second-order valence-corrected chi connectivity index (χ2v) is 5.79. The molecule has 0 bridgehead atoms. The number of rotatable bonds is 3. The van der Waals surface area contributed by atoms with Crippen molar-refractivity contribution < 1.29 is 27.1 Å². The number of esters is 1. The molecule has 0 saturated heterocycles. The third kappa shape index (κ3) is 3.36. The van der Waals surface area contributed by atoms with Crippen molar-refractivity contribution in [1.82, 2.24) is 4.57 Å². The molecule has 0 atom stereocenters. The molecule has 2 aromatic carbocycles. The van der Waals surface area contributed by atoms with Crippen LogP contribution in [0.5, 0.6) is 0 Å². The molecule has 0 spiro atoms. The molecule has 0 N–H and O–H groups in total. The molecular weight excluding hydrogens is 364 g/mol. The number of hydrogen-bond donors (Lipinski definition) is 0. The van der Waals surface area contributed by atoms with E-state index in [1.807, 2.05) is 0 Å². The Labute approximate surface area is 151 Å². The van der Waals surface area contributed by atoms with Crippen LogP contribution in [0, 0.1) is 17.1 Å². The molecule has 0 radical (unpaired) electrons. The van der Waals surface area contributed by atoms with Gasteiger partial charge in [0.05, 0.1) is 35.9 Å². The van der Waals surface area contributed by atoms with E-state index in [2.05, 4.69) is 4.74 Å². The number of nitriles is 1. The normalized spacial score (nSPS) is 11.4. The van der Waals surface area contributed by atoms with Gasteiger partial charge in [-0.05, 0) is 24.3 Å². The summed E-state index contributed by atoms with van der Waals surface area (Å²) in [4.78, 5) is 11.6. The third-order valence-corrected chi connectivity index (χ3v) is 4.13. The van der Waals surface area contributed by atoms with E-state index in [4.69, 9.17) is 0 Å². The number of alkyl halides is 3. The van der Waals surface area contributed by atoms with E-state index in [0.29, 0.717) is 0 Å². The topological polar surface area (TPSA) is 55.0 Å². The van der Waals surface area contributed by atoms with Crippen LogP contribution in [0.4, 0.5) is 17.6 Å². The summed E-state index contributed by atoms with van der Waals surface area (Å²) < 4.78 is 59.5. The van der Waals surface area contributed by atoms with E-state index >= 15 is 0 Å². The number of hydrogen-bond acceptors (Lipinski definition) is 3. The number of halogens is 4. The van der Waals surface area contributed by atoms with Gasteiger partial charge >= 0.3 is 12.1 Å². The number of fused-ring (bicyclic) bond motifs is 1. The largest absolute Gasteiger partial charge is 0.465 e. The van der Waals surface area contributed by atoms with Gasteiger partial charge in [-0.2, -0.15) is 18.4 Å². The van der Waals surface area contributed by atoms with E-state index < -0.39 is 23.5 Å². The summed E-state index contributed by atoms with van der Waals surface area (Å²) in [5.41, 5.74) is -0.948. The third-order valence-electron chi connectivity index (χ3n) is 4.13. The highest BCUT2D eigenvalue weighted by molar-refractivity contribution is 5.90. The van der Waals surface area contributed by atoms with Crippen LogP contribution < -0.4 is 0 Å². The van der Waals surface area contributed by atoms with E-state index in [1.165, 1.54) is 35.0 Å². The van der Waals surface area contributed by atoms with Crippen LogP contribution in [-0.4, -0.2) is 17.6 Å². The number of ether oxygens (including phenoxy) is 1. The van der Waals surface area contributed by atoms with Crippen LogP contribution in [0.25, 0.3) is 10.9 Å². The van der Waals surface area contributed by atoms with Crippen LogP contribution in [0.2, 0.25) is 0 Å². The maximum Gasteiger partial charge on any atom is 0.416 e. The summed E-state index contributed by atoms with van der Waals surface area (Å²) >= 11 is 0. The quantitative estimate of drug-likeness (QED) is 0.499. The van der Waals surface area contributed by atoms with Gasteiger partial charge in [-0.25, -0.2) is 9.18 Å². The zero-order valence-electron chi connectivity index (χ0n) is 14.0. The molecule has 138 valence electrons. The number of carbonyl (C=O) groups is 1. The first-order chi connectivity index (χ1) is 12.8. The van der Waals surface area contributed by atoms with Gasteiger partial charge in [0.15, 0.2) is 0 Å².